The van der Waals surface area contributed by atoms with E-state index in [9.17, 15) is 5.11 Å². The van der Waals surface area contributed by atoms with Gasteiger partial charge >= 0.3 is 0 Å². The zero-order valence-electron chi connectivity index (χ0n) is 15.7. The summed E-state index contributed by atoms with van der Waals surface area (Å²) in [7, 11) is 0. The van der Waals surface area contributed by atoms with Crippen molar-refractivity contribution in [2.75, 3.05) is 32.7 Å². The van der Waals surface area contributed by atoms with Crippen molar-refractivity contribution < 1.29 is 5.11 Å². The summed E-state index contributed by atoms with van der Waals surface area (Å²) in [6.07, 6.45) is 3.82. The Morgan fingerprint density at radius 1 is 1.14 bits per heavy atom. The number of amidine groups is 1. The van der Waals surface area contributed by atoms with Crippen molar-refractivity contribution >= 4 is 22.7 Å². The molecular weight excluding hydrogens is 370 g/mol. The summed E-state index contributed by atoms with van der Waals surface area (Å²) in [5.41, 5.74) is 2.88. The average Bonchev–Trinajstić information content (AvgIpc) is 3.31. The van der Waals surface area contributed by atoms with Gasteiger partial charge in [-0.05, 0) is 38.1 Å². The number of aliphatic hydroxyl groups is 1. The number of rotatable bonds is 5. The van der Waals surface area contributed by atoms with Crippen LogP contribution in [0, 0.1) is 16.7 Å². The minimum Gasteiger partial charge on any atom is -0.510 e. The van der Waals surface area contributed by atoms with Crippen LogP contribution in [-0.2, 0) is 0 Å². The lowest BCUT2D eigenvalue weighted by Gasteiger charge is -2.29. The van der Waals surface area contributed by atoms with Gasteiger partial charge in [0.15, 0.2) is 0 Å². The molecular formula is C21H23N5OS. The minimum atomic E-state index is 0.226. The van der Waals surface area contributed by atoms with Crippen LogP contribution in [0.1, 0.15) is 29.8 Å². The first kappa shape index (κ1) is 18.7. The highest BCUT2D eigenvalue weighted by Crippen LogP contribution is 2.32. The van der Waals surface area contributed by atoms with Gasteiger partial charge in [-0.3, -0.25) is 5.41 Å². The largest absolute Gasteiger partial charge is 0.510 e. The van der Waals surface area contributed by atoms with Crippen molar-refractivity contribution in [3.05, 3.63) is 46.0 Å². The third-order valence-corrected chi connectivity index (χ3v) is 6.20. The lowest BCUT2D eigenvalue weighted by atomic mass is 10.1. The molecule has 0 unspecified atom stereocenters. The SMILES string of the molecule is N#Cc1ccc(-c2csc(C3=C(O)CN(CCN4CCCCC4)C3=N)n2)cc1. The molecule has 0 amide bonds. The van der Waals surface area contributed by atoms with Crippen LogP contribution in [0.5, 0.6) is 0 Å². The zero-order valence-corrected chi connectivity index (χ0v) is 16.5. The van der Waals surface area contributed by atoms with Crippen molar-refractivity contribution in [1.82, 2.24) is 14.8 Å². The van der Waals surface area contributed by atoms with Crippen LogP contribution in [0.4, 0.5) is 0 Å². The molecule has 0 saturated carbocycles. The molecule has 28 heavy (non-hydrogen) atoms. The van der Waals surface area contributed by atoms with E-state index in [0.29, 0.717) is 28.5 Å². The molecule has 144 valence electrons. The smallest absolute Gasteiger partial charge is 0.135 e. The normalized spacial score (nSPS) is 18.0. The first-order valence-corrected chi connectivity index (χ1v) is 10.5. The van der Waals surface area contributed by atoms with E-state index in [2.05, 4.69) is 16.0 Å². The number of likely N-dealkylation sites (tertiary alicyclic amines) is 1. The molecule has 1 aromatic carbocycles. The van der Waals surface area contributed by atoms with Gasteiger partial charge in [-0.25, -0.2) is 4.98 Å². The van der Waals surface area contributed by atoms with E-state index in [0.717, 1.165) is 37.4 Å². The van der Waals surface area contributed by atoms with Crippen molar-refractivity contribution in [3.8, 4) is 17.3 Å². The van der Waals surface area contributed by atoms with Crippen LogP contribution in [0.2, 0.25) is 0 Å². The van der Waals surface area contributed by atoms with Crippen LogP contribution >= 0.6 is 11.3 Å². The highest BCUT2D eigenvalue weighted by Gasteiger charge is 2.30. The molecule has 1 aromatic heterocycles. The molecule has 0 bridgehead atoms. The second-order valence-electron chi connectivity index (χ2n) is 7.22. The number of hydrogen-bond donors (Lipinski definition) is 2. The van der Waals surface area contributed by atoms with Gasteiger partial charge in [0.1, 0.15) is 16.6 Å². The Morgan fingerprint density at radius 2 is 1.89 bits per heavy atom. The molecule has 1 saturated heterocycles. The first-order chi connectivity index (χ1) is 13.7. The topological polar surface area (TPSA) is 87.2 Å². The summed E-state index contributed by atoms with van der Waals surface area (Å²) in [5.74, 6) is 0.583. The van der Waals surface area contributed by atoms with E-state index in [4.69, 9.17) is 10.7 Å². The number of nitrogens with zero attached hydrogens (tertiary/aromatic N) is 4. The van der Waals surface area contributed by atoms with Crippen molar-refractivity contribution in [2.24, 2.45) is 0 Å². The molecule has 1 fully saturated rings. The van der Waals surface area contributed by atoms with E-state index >= 15 is 0 Å². The molecule has 2 aromatic rings. The van der Waals surface area contributed by atoms with E-state index in [1.807, 2.05) is 22.4 Å². The Labute approximate surface area is 168 Å². The lowest BCUT2D eigenvalue weighted by Crippen LogP contribution is -2.38. The maximum absolute atomic E-state index is 10.5. The third-order valence-electron chi connectivity index (χ3n) is 5.34. The molecule has 4 rings (SSSR count). The second kappa shape index (κ2) is 8.13. The third kappa shape index (κ3) is 3.79. The quantitative estimate of drug-likeness (QED) is 0.808. The number of benzene rings is 1. The molecule has 0 spiro atoms. The van der Waals surface area contributed by atoms with Crippen LogP contribution in [-0.4, -0.2) is 58.4 Å². The van der Waals surface area contributed by atoms with Crippen molar-refractivity contribution in [3.63, 3.8) is 0 Å². The maximum Gasteiger partial charge on any atom is 0.135 e. The Morgan fingerprint density at radius 3 is 2.61 bits per heavy atom. The molecule has 0 radical (unpaired) electrons. The zero-order chi connectivity index (χ0) is 19.5. The second-order valence-corrected chi connectivity index (χ2v) is 8.08. The summed E-state index contributed by atoms with van der Waals surface area (Å²) in [5, 5.41) is 30.5. The summed E-state index contributed by atoms with van der Waals surface area (Å²) in [4.78, 5) is 9.02. The van der Waals surface area contributed by atoms with Gasteiger partial charge in [0, 0.05) is 24.0 Å². The Balaban J connectivity index is 1.45. The number of piperidine rings is 1. The van der Waals surface area contributed by atoms with Crippen LogP contribution in [0.15, 0.2) is 35.4 Å². The van der Waals surface area contributed by atoms with E-state index < -0.39 is 0 Å². The Bertz CT molecular complexity index is 934. The average molecular weight is 394 g/mol. The van der Waals surface area contributed by atoms with Crippen molar-refractivity contribution in [1.29, 1.82) is 10.7 Å². The van der Waals surface area contributed by atoms with Crippen molar-refractivity contribution in [2.45, 2.75) is 19.3 Å². The Kier molecular flexibility index (Phi) is 5.42. The van der Waals surface area contributed by atoms with Crippen LogP contribution in [0.25, 0.3) is 16.8 Å². The molecule has 0 aliphatic carbocycles. The highest BCUT2D eigenvalue weighted by molar-refractivity contribution is 7.11. The van der Waals surface area contributed by atoms with E-state index in [1.165, 1.54) is 30.6 Å². The van der Waals surface area contributed by atoms with Crippen LogP contribution < -0.4 is 0 Å². The van der Waals surface area contributed by atoms with Gasteiger partial charge in [0.2, 0.25) is 0 Å². The molecule has 7 heteroatoms. The summed E-state index contributed by atoms with van der Waals surface area (Å²) in [6, 6.07) is 9.39. The standard InChI is InChI=1S/C21H23N5OS/c22-12-15-4-6-16(7-5-15)17-14-28-21(24-17)19-18(27)13-26(20(19)23)11-10-25-8-2-1-3-9-25/h4-7,14,23,27H,1-3,8-11,13H2. The minimum absolute atomic E-state index is 0.226. The lowest BCUT2D eigenvalue weighted by molar-refractivity contribution is 0.210. The first-order valence-electron chi connectivity index (χ1n) is 9.60. The molecule has 2 N–H and O–H groups in total. The summed E-state index contributed by atoms with van der Waals surface area (Å²) in [6.45, 7) is 4.33. The molecule has 3 heterocycles. The van der Waals surface area contributed by atoms with Gasteiger partial charge in [-0.2, -0.15) is 5.26 Å². The fourth-order valence-corrected chi connectivity index (χ4v) is 4.63. The van der Waals surface area contributed by atoms with Crippen LogP contribution in [0.3, 0.4) is 0 Å². The number of aromatic nitrogens is 1. The monoisotopic (exact) mass is 393 g/mol. The predicted octanol–water partition coefficient (Wildman–Crippen LogP) is 3.73. The number of aliphatic hydroxyl groups excluding tert-OH is 1. The predicted molar refractivity (Wildman–Crippen MR) is 111 cm³/mol. The number of nitriles is 1. The number of nitrogens with one attached hydrogen (secondary N) is 1. The van der Waals surface area contributed by atoms with Gasteiger partial charge in [-0.1, -0.05) is 18.6 Å². The van der Waals surface area contributed by atoms with E-state index in [1.54, 1.807) is 12.1 Å². The van der Waals surface area contributed by atoms with Gasteiger partial charge in [-0.15, -0.1) is 11.3 Å². The fourth-order valence-electron chi connectivity index (χ4n) is 3.73. The fraction of sp³-hybridized carbons (Fsp3) is 0.381. The molecule has 6 nitrogen and oxygen atoms in total. The molecule has 2 aliphatic rings. The molecule has 2 aliphatic heterocycles. The highest BCUT2D eigenvalue weighted by atomic mass is 32.1. The number of hydrogen-bond acceptors (Lipinski definition) is 6. The number of thiazole rings is 1. The Hall–Kier alpha value is -2.69. The van der Waals surface area contributed by atoms with Gasteiger partial charge in [0.25, 0.3) is 0 Å². The van der Waals surface area contributed by atoms with Gasteiger partial charge in [0.05, 0.1) is 29.4 Å². The van der Waals surface area contributed by atoms with Gasteiger partial charge < -0.3 is 14.9 Å². The summed E-state index contributed by atoms with van der Waals surface area (Å²) < 4.78 is 0. The maximum atomic E-state index is 10.5. The van der Waals surface area contributed by atoms with E-state index in [-0.39, 0.29) is 5.76 Å². The summed E-state index contributed by atoms with van der Waals surface area (Å²) >= 11 is 1.44. The molecule has 0 atom stereocenters.